The van der Waals surface area contributed by atoms with E-state index in [1.165, 1.54) is 4.88 Å². The van der Waals surface area contributed by atoms with Gasteiger partial charge in [0, 0.05) is 16.5 Å². The van der Waals surface area contributed by atoms with Crippen LogP contribution < -0.4 is 4.74 Å². The first-order valence-electron chi connectivity index (χ1n) is 7.69. The minimum atomic E-state index is -0.337. The van der Waals surface area contributed by atoms with Crippen molar-refractivity contribution >= 4 is 33.0 Å². The molecule has 4 nitrogen and oxygen atoms in total. The van der Waals surface area contributed by atoms with Gasteiger partial charge in [0.2, 0.25) is 6.23 Å². The van der Waals surface area contributed by atoms with Crippen molar-refractivity contribution < 1.29 is 9.15 Å². The summed E-state index contributed by atoms with van der Waals surface area (Å²) >= 11 is 5.28. The van der Waals surface area contributed by atoms with E-state index in [9.17, 15) is 0 Å². The minimum Gasteiger partial charge on any atom is -0.463 e. The number of halogens is 1. The van der Waals surface area contributed by atoms with Gasteiger partial charge in [0.15, 0.2) is 5.76 Å². The van der Waals surface area contributed by atoms with E-state index in [1.54, 1.807) is 17.6 Å². The Kier molecular flexibility index (Phi) is 3.28. The van der Waals surface area contributed by atoms with E-state index in [1.807, 2.05) is 29.3 Å². The second-order valence-corrected chi connectivity index (χ2v) is 7.66. The highest BCUT2D eigenvalue weighted by Gasteiger charge is 2.42. The van der Waals surface area contributed by atoms with Crippen LogP contribution in [0.3, 0.4) is 0 Å². The maximum Gasteiger partial charge on any atom is 0.246 e. The van der Waals surface area contributed by atoms with Gasteiger partial charge in [-0.15, -0.1) is 11.3 Å². The molecule has 2 aromatic heterocycles. The van der Waals surface area contributed by atoms with Crippen LogP contribution in [0.5, 0.6) is 5.75 Å². The molecule has 0 aliphatic carbocycles. The summed E-state index contributed by atoms with van der Waals surface area (Å²) in [5.74, 6) is 1.66. The molecule has 3 aromatic rings. The Hall–Kier alpha value is -2.05. The van der Waals surface area contributed by atoms with Crippen molar-refractivity contribution in [1.29, 1.82) is 0 Å². The van der Waals surface area contributed by atoms with Crippen molar-refractivity contribution in [3.63, 3.8) is 0 Å². The first-order valence-corrected chi connectivity index (χ1v) is 9.36. The number of ether oxygens (including phenoxy) is 1. The van der Waals surface area contributed by atoms with E-state index in [-0.39, 0.29) is 12.3 Å². The molecule has 4 heterocycles. The van der Waals surface area contributed by atoms with Crippen molar-refractivity contribution in [1.82, 2.24) is 5.01 Å². The number of rotatable bonds is 2. The average Bonchev–Trinajstić information content (AvgIpc) is 3.33. The molecule has 0 fully saturated rings. The Morgan fingerprint density at radius 3 is 2.96 bits per heavy atom. The molecule has 2 atom stereocenters. The third kappa shape index (κ3) is 2.21. The van der Waals surface area contributed by atoms with Gasteiger partial charge in [-0.1, -0.05) is 22.0 Å². The summed E-state index contributed by atoms with van der Waals surface area (Å²) in [4.78, 5) is 1.21. The molecule has 2 aliphatic rings. The molecule has 0 saturated heterocycles. The van der Waals surface area contributed by atoms with Crippen LogP contribution in [0.15, 0.2) is 68.1 Å². The molecule has 0 amide bonds. The quantitative estimate of drug-likeness (QED) is 0.581. The van der Waals surface area contributed by atoms with Crippen LogP contribution >= 0.6 is 27.3 Å². The fourth-order valence-corrected chi connectivity index (χ4v) is 4.37. The molecule has 0 spiro atoms. The van der Waals surface area contributed by atoms with Crippen molar-refractivity contribution in [2.24, 2.45) is 5.10 Å². The molecular weight excluding hydrogens is 388 g/mol. The van der Waals surface area contributed by atoms with Gasteiger partial charge in [0.1, 0.15) is 5.75 Å². The zero-order valence-electron chi connectivity index (χ0n) is 12.6. The predicted molar refractivity (Wildman–Crippen MR) is 96.3 cm³/mol. The predicted octanol–water partition coefficient (Wildman–Crippen LogP) is 5.35. The number of benzene rings is 1. The summed E-state index contributed by atoms with van der Waals surface area (Å²) in [5, 5.41) is 8.99. The largest absolute Gasteiger partial charge is 0.463 e. The lowest BCUT2D eigenvalue weighted by atomic mass is 9.98. The summed E-state index contributed by atoms with van der Waals surface area (Å²) in [5.41, 5.74) is 2.26. The molecule has 0 radical (unpaired) electrons. The highest BCUT2D eigenvalue weighted by Crippen LogP contribution is 2.48. The Morgan fingerprint density at radius 1 is 1.21 bits per heavy atom. The maximum atomic E-state index is 6.22. The summed E-state index contributed by atoms with van der Waals surface area (Å²) < 4.78 is 12.9. The van der Waals surface area contributed by atoms with E-state index < -0.39 is 0 Å². The third-order valence-corrected chi connectivity index (χ3v) is 5.76. The number of hydrogen-bond donors (Lipinski definition) is 0. The van der Waals surface area contributed by atoms with Crippen LogP contribution in [0.4, 0.5) is 0 Å². The Bertz CT molecular complexity index is 905. The minimum absolute atomic E-state index is 0.151. The van der Waals surface area contributed by atoms with Crippen LogP contribution in [0.1, 0.15) is 34.9 Å². The third-order valence-electron chi connectivity index (χ3n) is 4.34. The standard InChI is InChI=1S/C18H13BrN2O2S/c19-11-5-6-15-12(9-11)14-10-13(17-4-2-8-24-17)20-21(14)18(23-15)16-3-1-7-22-16/h1-9,14,18H,10H2. The highest BCUT2D eigenvalue weighted by atomic mass is 79.9. The molecule has 0 N–H and O–H groups in total. The Morgan fingerprint density at radius 2 is 2.17 bits per heavy atom. The monoisotopic (exact) mass is 400 g/mol. The lowest BCUT2D eigenvalue weighted by Crippen LogP contribution is -2.33. The first kappa shape index (κ1) is 14.3. The summed E-state index contributed by atoms with van der Waals surface area (Å²) in [7, 11) is 0. The topological polar surface area (TPSA) is 38.0 Å². The summed E-state index contributed by atoms with van der Waals surface area (Å²) in [6.45, 7) is 0. The Labute approximate surface area is 151 Å². The van der Waals surface area contributed by atoms with E-state index in [0.717, 1.165) is 33.7 Å². The second-order valence-electron chi connectivity index (χ2n) is 5.79. The van der Waals surface area contributed by atoms with Crippen molar-refractivity contribution in [2.75, 3.05) is 0 Å². The molecule has 6 heteroatoms. The molecule has 1 aromatic carbocycles. The molecule has 2 aliphatic heterocycles. The Balaban J connectivity index is 1.62. The summed E-state index contributed by atoms with van der Waals surface area (Å²) in [6, 6.07) is 14.3. The zero-order valence-corrected chi connectivity index (χ0v) is 15.0. The van der Waals surface area contributed by atoms with Gasteiger partial charge in [0.05, 0.1) is 22.9 Å². The fraction of sp³-hybridized carbons (Fsp3) is 0.167. The van der Waals surface area contributed by atoms with E-state index >= 15 is 0 Å². The van der Waals surface area contributed by atoms with Gasteiger partial charge in [-0.05, 0) is 41.8 Å². The van der Waals surface area contributed by atoms with Crippen LogP contribution in [-0.2, 0) is 0 Å². The molecule has 0 saturated carbocycles. The lowest BCUT2D eigenvalue weighted by molar-refractivity contribution is -0.0325. The number of hydrazone groups is 1. The van der Waals surface area contributed by atoms with E-state index in [0.29, 0.717) is 0 Å². The maximum absolute atomic E-state index is 6.22. The molecule has 120 valence electrons. The molecule has 24 heavy (non-hydrogen) atoms. The number of fused-ring (bicyclic) bond motifs is 3. The second kappa shape index (κ2) is 5.50. The van der Waals surface area contributed by atoms with Crippen molar-refractivity contribution in [3.8, 4) is 5.75 Å². The zero-order chi connectivity index (χ0) is 16.1. The van der Waals surface area contributed by atoms with Gasteiger partial charge in [-0.25, -0.2) is 5.01 Å². The molecule has 5 rings (SSSR count). The lowest BCUT2D eigenvalue weighted by Gasteiger charge is -2.37. The van der Waals surface area contributed by atoms with Gasteiger partial charge in [-0.3, -0.25) is 0 Å². The number of thiophene rings is 1. The average molecular weight is 401 g/mol. The number of hydrogen-bond acceptors (Lipinski definition) is 5. The fourth-order valence-electron chi connectivity index (χ4n) is 3.27. The molecule has 2 unspecified atom stereocenters. The van der Waals surface area contributed by atoms with Crippen LogP contribution in [0, 0.1) is 0 Å². The van der Waals surface area contributed by atoms with E-state index in [4.69, 9.17) is 14.3 Å². The summed E-state index contributed by atoms with van der Waals surface area (Å²) in [6.07, 6.45) is 2.20. The molecular formula is C18H13BrN2O2S. The van der Waals surface area contributed by atoms with Crippen LogP contribution in [-0.4, -0.2) is 10.7 Å². The van der Waals surface area contributed by atoms with Gasteiger partial charge in [0.25, 0.3) is 0 Å². The van der Waals surface area contributed by atoms with Crippen molar-refractivity contribution in [2.45, 2.75) is 18.7 Å². The highest BCUT2D eigenvalue weighted by molar-refractivity contribution is 9.10. The van der Waals surface area contributed by atoms with Gasteiger partial charge < -0.3 is 9.15 Å². The normalized spacial score (nSPS) is 21.9. The van der Waals surface area contributed by atoms with Crippen LogP contribution in [0.25, 0.3) is 0 Å². The van der Waals surface area contributed by atoms with Crippen LogP contribution in [0.2, 0.25) is 0 Å². The van der Waals surface area contributed by atoms with Gasteiger partial charge in [-0.2, -0.15) is 5.10 Å². The smallest absolute Gasteiger partial charge is 0.246 e. The van der Waals surface area contributed by atoms with Crippen molar-refractivity contribution in [3.05, 3.63) is 74.8 Å². The number of nitrogens with zero attached hydrogens (tertiary/aromatic N) is 2. The van der Waals surface area contributed by atoms with E-state index in [2.05, 4.69) is 39.5 Å². The molecule has 0 bridgehead atoms. The number of furan rings is 1. The SMILES string of the molecule is Brc1ccc2c(c1)C1CC(c3cccs3)=NN1C(c1ccco1)O2. The van der Waals surface area contributed by atoms with Gasteiger partial charge >= 0.3 is 0 Å². The first-order chi connectivity index (χ1) is 11.8.